The number of nitrogens with two attached hydrogens (primary N) is 2. The minimum Gasteiger partial charge on any atom is -0.399 e. The summed E-state index contributed by atoms with van der Waals surface area (Å²) in [5, 5.41) is 0. The Morgan fingerprint density at radius 3 is 0.933 bits per heavy atom. The molecule has 2 nitrogen and oxygen atoms in total. The summed E-state index contributed by atoms with van der Waals surface area (Å²) in [6, 6.07) is 19.0. The fourth-order valence-electron chi connectivity index (χ4n) is 0.906. The van der Waals surface area contributed by atoms with Crippen molar-refractivity contribution in [2.45, 2.75) is 0 Å². The van der Waals surface area contributed by atoms with Crippen molar-refractivity contribution in [2.24, 2.45) is 0 Å². The predicted octanol–water partition coefficient (Wildman–Crippen LogP) is 2.54. The third-order valence-corrected chi connectivity index (χ3v) is 1.60. The van der Waals surface area contributed by atoms with Gasteiger partial charge >= 0.3 is 0 Å². The van der Waals surface area contributed by atoms with Crippen molar-refractivity contribution in [1.82, 2.24) is 0 Å². The Hall–Kier alpha value is -1.43. The topological polar surface area (TPSA) is 52.0 Å². The Balaban J connectivity index is 0.000000245. The van der Waals surface area contributed by atoms with Gasteiger partial charge in [0.05, 0.1) is 0 Å². The first-order chi connectivity index (χ1) is 6.79. The number of anilines is 2. The van der Waals surface area contributed by atoms with Crippen LogP contribution in [0.15, 0.2) is 60.7 Å². The summed E-state index contributed by atoms with van der Waals surface area (Å²) in [5.74, 6) is 0. The molecule has 0 aliphatic rings. The monoisotopic (exact) mass is 238 g/mol. The largest absolute Gasteiger partial charge is 0.399 e. The Morgan fingerprint density at radius 1 is 0.533 bits per heavy atom. The van der Waals surface area contributed by atoms with Crippen molar-refractivity contribution in [3.63, 3.8) is 0 Å². The van der Waals surface area contributed by atoms with Crippen molar-refractivity contribution < 1.29 is 17.4 Å². The van der Waals surface area contributed by atoms with E-state index < -0.39 is 0 Å². The van der Waals surface area contributed by atoms with Gasteiger partial charge in [-0.2, -0.15) is 0 Å². The maximum absolute atomic E-state index is 5.36. The van der Waals surface area contributed by atoms with Gasteiger partial charge in [-0.25, -0.2) is 0 Å². The van der Waals surface area contributed by atoms with Crippen LogP contribution in [0.2, 0.25) is 0 Å². The molecular formula is C12H14CrN2. The molecule has 0 saturated carbocycles. The van der Waals surface area contributed by atoms with Crippen LogP contribution >= 0.6 is 0 Å². The Kier molecular flexibility index (Phi) is 7.17. The second kappa shape index (κ2) is 7.93. The summed E-state index contributed by atoms with van der Waals surface area (Å²) in [6.45, 7) is 0. The van der Waals surface area contributed by atoms with Gasteiger partial charge in [-0.15, -0.1) is 0 Å². The summed E-state index contributed by atoms with van der Waals surface area (Å²) >= 11 is 0. The van der Waals surface area contributed by atoms with E-state index in [0.29, 0.717) is 0 Å². The molecule has 0 heterocycles. The third-order valence-electron chi connectivity index (χ3n) is 1.60. The van der Waals surface area contributed by atoms with Crippen molar-refractivity contribution in [3.8, 4) is 0 Å². The van der Waals surface area contributed by atoms with Gasteiger partial charge in [0, 0.05) is 28.7 Å². The van der Waals surface area contributed by atoms with E-state index in [4.69, 9.17) is 11.5 Å². The predicted molar refractivity (Wildman–Crippen MR) is 61.7 cm³/mol. The van der Waals surface area contributed by atoms with Crippen LogP contribution in [0, 0.1) is 0 Å². The molecule has 2 rings (SSSR count). The van der Waals surface area contributed by atoms with Crippen LogP contribution in [0.4, 0.5) is 11.4 Å². The van der Waals surface area contributed by atoms with Crippen molar-refractivity contribution in [3.05, 3.63) is 60.7 Å². The fraction of sp³-hybridized carbons (Fsp3) is 0. The van der Waals surface area contributed by atoms with Gasteiger partial charge in [0.25, 0.3) is 0 Å². The van der Waals surface area contributed by atoms with Crippen molar-refractivity contribution in [2.75, 3.05) is 11.5 Å². The summed E-state index contributed by atoms with van der Waals surface area (Å²) in [5.41, 5.74) is 12.4. The molecular weight excluding hydrogens is 224 g/mol. The quantitative estimate of drug-likeness (QED) is 0.693. The Morgan fingerprint density at radius 2 is 0.800 bits per heavy atom. The van der Waals surface area contributed by atoms with E-state index in [0.717, 1.165) is 11.4 Å². The second-order valence-electron chi connectivity index (χ2n) is 2.82. The molecule has 0 aliphatic carbocycles. The van der Waals surface area contributed by atoms with Crippen LogP contribution in [0.25, 0.3) is 0 Å². The number of nitrogen functional groups attached to an aromatic ring is 2. The van der Waals surface area contributed by atoms with Crippen LogP contribution in [0.3, 0.4) is 0 Å². The zero-order valence-electron chi connectivity index (χ0n) is 8.34. The number of hydrogen-bond acceptors (Lipinski definition) is 2. The molecule has 0 radical (unpaired) electrons. The molecule has 4 N–H and O–H groups in total. The minimum atomic E-state index is 0. The molecule has 0 spiro atoms. The zero-order chi connectivity index (χ0) is 10.2. The fourth-order valence-corrected chi connectivity index (χ4v) is 0.906. The number of hydrogen-bond donors (Lipinski definition) is 2. The molecule has 0 fully saturated rings. The van der Waals surface area contributed by atoms with E-state index >= 15 is 0 Å². The standard InChI is InChI=1S/2C6H7N.Cr/c2*7-6-4-2-1-3-5-6;/h2*1-5H,7H2;. The first kappa shape index (κ1) is 13.6. The molecule has 0 unspecified atom stereocenters. The first-order valence-electron chi connectivity index (χ1n) is 4.40. The first-order valence-corrected chi connectivity index (χ1v) is 4.40. The van der Waals surface area contributed by atoms with Gasteiger partial charge in [-0.05, 0) is 24.3 Å². The van der Waals surface area contributed by atoms with E-state index in [2.05, 4.69) is 0 Å². The average molecular weight is 238 g/mol. The van der Waals surface area contributed by atoms with Gasteiger partial charge in [0.2, 0.25) is 0 Å². The Labute approximate surface area is 101 Å². The average Bonchev–Trinajstić information content (AvgIpc) is 2.21. The number of para-hydroxylation sites is 2. The van der Waals surface area contributed by atoms with Gasteiger partial charge in [-0.1, -0.05) is 36.4 Å². The normalized spacial score (nSPS) is 8.00. The molecule has 78 valence electrons. The SMILES string of the molecule is Nc1ccccc1.Nc1ccccc1.[Cr]. The van der Waals surface area contributed by atoms with Gasteiger partial charge in [0.1, 0.15) is 0 Å². The molecule has 2 aromatic carbocycles. The van der Waals surface area contributed by atoms with Crippen LogP contribution in [-0.2, 0) is 17.4 Å². The van der Waals surface area contributed by atoms with E-state index in [-0.39, 0.29) is 17.4 Å². The van der Waals surface area contributed by atoms with Crippen LogP contribution in [-0.4, -0.2) is 0 Å². The van der Waals surface area contributed by atoms with Crippen LogP contribution in [0.1, 0.15) is 0 Å². The summed E-state index contributed by atoms with van der Waals surface area (Å²) < 4.78 is 0. The van der Waals surface area contributed by atoms with Crippen LogP contribution < -0.4 is 11.5 Å². The molecule has 0 saturated heterocycles. The van der Waals surface area contributed by atoms with E-state index in [1.54, 1.807) is 0 Å². The third kappa shape index (κ3) is 6.62. The van der Waals surface area contributed by atoms with Crippen LogP contribution in [0.5, 0.6) is 0 Å². The number of rotatable bonds is 0. The summed E-state index contributed by atoms with van der Waals surface area (Å²) in [4.78, 5) is 0. The van der Waals surface area contributed by atoms with Crippen molar-refractivity contribution >= 4 is 11.4 Å². The van der Waals surface area contributed by atoms with Gasteiger partial charge in [-0.3, -0.25) is 0 Å². The van der Waals surface area contributed by atoms with E-state index in [9.17, 15) is 0 Å². The van der Waals surface area contributed by atoms with Crippen molar-refractivity contribution in [1.29, 1.82) is 0 Å². The maximum atomic E-state index is 5.36. The molecule has 2 aromatic rings. The molecule has 0 amide bonds. The summed E-state index contributed by atoms with van der Waals surface area (Å²) in [6.07, 6.45) is 0. The zero-order valence-corrected chi connectivity index (χ0v) is 9.61. The van der Waals surface area contributed by atoms with Gasteiger partial charge < -0.3 is 11.5 Å². The summed E-state index contributed by atoms with van der Waals surface area (Å²) in [7, 11) is 0. The van der Waals surface area contributed by atoms with E-state index in [1.165, 1.54) is 0 Å². The second-order valence-corrected chi connectivity index (χ2v) is 2.82. The number of benzene rings is 2. The maximum Gasteiger partial charge on any atom is 0.0313 e. The molecule has 15 heavy (non-hydrogen) atoms. The smallest absolute Gasteiger partial charge is 0.0313 e. The molecule has 0 aromatic heterocycles. The van der Waals surface area contributed by atoms with Gasteiger partial charge in [0.15, 0.2) is 0 Å². The minimum absolute atomic E-state index is 0. The molecule has 0 aliphatic heterocycles. The Bertz CT molecular complexity index is 311. The molecule has 3 heteroatoms. The molecule has 0 bridgehead atoms. The van der Waals surface area contributed by atoms with E-state index in [1.807, 2.05) is 60.7 Å². The molecule has 0 atom stereocenters.